The van der Waals surface area contributed by atoms with Gasteiger partial charge in [0.2, 0.25) is 0 Å². The van der Waals surface area contributed by atoms with E-state index in [2.05, 4.69) is 29.0 Å². The van der Waals surface area contributed by atoms with Crippen molar-refractivity contribution in [2.75, 3.05) is 7.11 Å². The number of rotatable bonds is 2. The number of nitrogens with zero attached hydrogens (tertiary/aromatic N) is 1. The maximum atomic E-state index is 5.16. The van der Waals surface area contributed by atoms with Crippen LogP contribution in [0.15, 0.2) is 54.7 Å². The van der Waals surface area contributed by atoms with Gasteiger partial charge in [-0.25, -0.2) is 0 Å². The van der Waals surface area contributed by atoms with E-state index in [9.17, 15) is 0 Å². The number of benzene rings is 2. The summed E-state index contributed by atoms with van der Waals surface area (Å²) in [7, 11) is 1.68. The van der Waals surface area contributed by atoms with E-state index in [0.29, 0.717) is 0 Å². The summed E-state index contributed by atoms with van der Waals surface area (Å²) in [6.45, 7) is 0. The molecule has 0 aliphatic rings. The molecule has 0 aliphatic carbocycles. The smallest absolute Gasteiger partial charge is 0.119 e. The van der Waals surface area contributed by atoms with Crippen molar-refractivity contribution in [1.82, 2.24) is 4.57 Å². The topological polar surface area (TPSA) is 14.2 Å². The zero-order valence-electron chi connectivity index (χ0n) is 9.55. The Morgan fingerprint density at radius 3 is 2.65 bits per heavy atom. The molecule has 0 fully saturated rings. The van der Waals surface area contributed by atoms with Gasteiger partial charge in [0.1, 0.15) is 5.75 Å². The van der Waals surface area contributed by atoms with E-state index >= 15 is 0 Å². The molecular formula is C15H12NO. The Balaban J connectivity index is 2.13. The average Bonchev–Trinajstić information content (AvgIpc) is 2.83. The maximum Gasteiger partial charge on any atom is 0.119 e. The van der Waals surface area contributed by atoms with Gasteiger partial charge in [0.15, 0.2) is 0 Å². The van der Waals surface area contributed by atoms with Gasteiger partial charge in [0.05, 0.1) is 12.6 Å². The Bertz CT molecular complexity index is 637. The van der Waals surface area contributed by atoms with Crippen LogP contribution in [-0.4, -0.2) is 11.7 Å². The highest BCUT2D eigenvalue weighted by molar-refractivity contribution is 5.81. The Morgan fingerprint density at radius 1 is 1.06 bits per heavy atom. The van der Waals surface area contributed by atoms with Crippen molar-refractivity contribution in [3.05, 3.63) is 60.8 Å². The molecule has 0 aliphatic heterocycles. The van der Waals surface area contributed by atoms with Crippen LogP contribution in [0.3, 0.4) is 0 Å². The summed E-state index contributed by atoms with van der Waals surface area (Å²) < 4.78 is 7.30. The van der Waals surface area contributed by atoms with E-state index in [4.69, 9.17) is 4.74 Å². The normalized spacial score (nSPS) is 10.6. The highest BCUT2D eigenvalue weighted by Crippen LogP contribution is 2.21. The van der Waals surface area contributed by atoms with Gasteiger partial charge < -0.3 is 9.30 Å². The molecule has 1 radical (unpaired) electrons. The first-order valence-electron chi connectivity index (χ1n) is 5.50. The number of fused-ring (bicyclic) bond motifs is 1. The van der Waals surface area contributed by atoms with Crippen molar-refractivity contribution in [1.29, 1.82) is 0 Å². The van der Waals surface area contributed by atoms with Crippen LogP contribution in [0.5, 0.6) is 5.75 Å². The van der Waals surface area contributed by atoms with Gasteiger partial charge >= 0.3 is 0 Å². The number of hydrogen-bond acceptors (Lipinski definition) is 1. The van der Waals surface area contributed by atoms with E-state index in [0.717, 1.165) is 17.0 Å². The monoisotopic (exact) mass is 222 g/mol. The molecule has 2 aromatic carbocycles. The predicted octanol–water partition coefficient (Wildman–Crippen LogP) is 3.44. The van der Waals surface area contributed by atoms with Crippen molar-refractivity contribution < 1.29 is 4.74 Å². The fourth-order valence-corrected chi connectivity index (χ4v) is 1.99. The third-order valence-electron chi connectivity index (χ3n) is 2.89. The molecule has 3 rings (SSSR count). The molecule has 0 unspecified atom stereocenters. The number of hydrogen-bond donors (Lipinski definition) is 0. The van der Waals surface area contributed by atoms with Crippen LogP contribution < -0.4 is 4.74 Å². The lowest BCUT2D eigenvalue weighted by Crippen LogP contribution is -1.91. The predicted molar refractivity (Wildman–Crippen MR) is 68.7 cm³/mol. The van der Waals surface area contributed by atoms with E-state index in [-0.39, 0.29) is 0 Å². The molecule has 0 saturated heterocycles. The largest absolute Gasteiger partial charge is 0.497 e. The molecule has 17 heavy (non-hydrogen) atoms. The Morgan fingerprint density at radius 2 is 1.88 bits per heavy atom. The van der Waals surface area contributed by atoms with Crippen LogP contribution in [-0.2, 0) is 0 Å². The first-order valence-corrected chi connectivity index (χ1v) is 5.50. The highest BCUT2D eigenvalue weighted by Gasteiger charge is 2.02. The second-order valence-electron chi connectivity index (χ2n) is 3.87. The first-order chi connectivity index (χ1) is 8.38. The summed E-state index contributed by atoms with van der Waals surface area (Å²) >= 11 is 0. The minimum absolute atomic E-state index is 0.872. The summed E-state index contributed by atoms with van der Waals surface area (Å²) in [5.41, 5.74) is 2.29. The van der Waals surface area contributed by atoms with Gasteiger partial charge in [0.25, 0.3) is 0 Å². The van der Waals surface area contributed by atoms with Gasteiger partial charge in [0, 0.05) is 11.9 Å². The summed E-state index contributed by atoms with van der Waals surface area (Å²) in [6, 6.07) is 19.2. The summed E-state index contributed by atoms with van der Waals surface area (Å²) in [6.07, 6.45) is 2.07. The van der Waals surface area contributed by atoms with E-state index in [1.807, 2.05) is 36.4 Å². The van der Waals surface area contributed by atoms with Crippen molar-refractivity contribution in [2.24, 2.45) is 0 Å². The molecule has 83 valence electrons. The first kappa shape index (κ1) is 9.97. The molecule has 2 heteroatoms. The highest BCUT2D eigenvalue weighted by atomic mass is 16.5. The average molecular weight is 222 g/mol. The summed E-state index contributed by atoms with van der Waals surface area (Å²) in [5.74, 6) is 0.872. The van der Waals surface area contributed by atoms with Crippen LogP contribution in [0.2, 0.25) is 0 Å². The van der Waals surface area contributed by atoms with Gasteiger partial charge in [-0.15, -0.1) is 0 Å². The lowest BCUT2D eigenvalue weighted by Gasteiger charge is -2.06. The fourth-order valence-electron chi connectivity index (χ4n) is 1.99. The molecule has 3 aromatic rings. The molecular weight excluding hydrogens is 210 g/mol. The lowest BCUT2D eigenvalue weighted by atomic mass is 10.2. The SMILES string of the molecule is COc1ccc(-n2ccc3cc[c]cc32)cc1. The summed E-state index contributed by atoms with van der Waals surface area (Å²) in [4.78, 5) is 0. The minimum Gasteiger partial charge on any atom is -0.497 e. The Labute approximate surface area is 100 Å². The molecule has 1 heterocycles. The molecule has 0 atom stereocenters. The third-order valence-corrected chi connectivity index (χ3v) is 2.89. The van der Waals surface area contributed by atoms with Crippen LogP contribution in [0.4, 0.5) is 0 Å². The van der Waals surface area contributed by atoms with Gasteiger partial charge in [-0.1, -0.05) is 12.1 Å². The quantitative estimate of drug-likeness (QED) is 0.648. The van der Waals surface area contributed by atoms with Gasteiger partial charge in [-0.05, 0) is 47.9 Å². The molecule has 2 nitrogen and oxygen atoms in total. The van der Waals surface area contributed by atoms with Gasteiger partial charge in [-0.3, -0.25) is 0 Å². The maximum absolute atomic E-state index is 5.16. The van der Waals surface area contributed by atoms with E-state index in [1.54, 1.807) is 7.11 Å². The molecule has 0 bridgehead atoms. The van der Waals surface area contributed by atoms with Crippen LogP contribution >= 0.6 is 0 Å². The van der Waals surface area contributed by atoms with Crippen LogP contribution in [0.25, 0.3) is 16.6 Å². The molecule has 0 amide bonds. The van der Waals surface area contributed by atoms with Crippen molar-refractivity contribution in [2.45, 2.75) is 0 Å². The standard InChI is InChI=1S/C15H12NO/c1-17-14-8-6-13(7-9-14)16-11-10-12-4-2-3-5-15(12)16/h2,4-11H,1H3. The number of aromatic nitrogens is 1. The van der Waals surface area contributed by atoms with Gasteiger partial charge in [-0.2, -0.15) is 0 Å². The number of methoxy groups -OCH3 is 1. The number of ether oxygens (including phenoxy) is 1. The second-order valence-corrected chi connectivity index (χ2v) is 3.87. The summed E-state index contributed by atoms with van der Waals surface area (Å²) in [5, 5.41) is 1.22. The van der Waals surface area contributed by atoms with Crippen molar-refractivity contribution in [3.8, 4) is 11.4 Å². The van der Waals surface area contributed by atoms with Crippen molar-refractivity contribution in [3.63, 3.8) is 0 Å². The third kappa shape index (κ3) is 1.68. The Hall–Kier alpha value is -2.22. The second kappa shape index (κ2) is 3.98. The lowest BCUT2D eigenvalue weighted by molar-refractivity contribution is 0.415. The molecule has 0 spiro atoms. The zero-order chi connectivity index (χ0) is 11.7. The minimum atomic E-state index is 0.872. The van der Waals surface area contributed by atoms with Crippen LogP contribution in [0, 0.1) is 6.07 Å². The molecule has 0 saturated carbocycles. The zero-order valence-corrected chi connectivity index (χ0v) is 9.55. The van der Waals surface area contributed by atoms with Crippen LogP contribution in [0.1, 0.15) is 0 Å². The fraction of sp³-hybridized carbons (Fsp3) is 0.0667. The molecule has 0 N–H and O–H groups in total. The molecule has 1 aromatic heterocycles. The Kier molecular flexibility index (Phi) is 2.33. The van der Waals surface area contributed by atoms with E-state index < -0.39 is 0 Å². The van der Waals surface area contributed by atoms with E-state index in [1.165, 1.54) is 5.39 Å². The van der Waals surface area contributed by atoms with Crippen molar-refractivity contribution >= 4 is 10.9 Å².